The van der Waals surface area contributed by atoms with Crippen molar-refractivity contribution in [3.8, 4) is 0 Å². The van der Waals surface area contributed by atoms with E-state index in [4.69, 9.17) is 13.6 Å². The van der Waals surface area contributed by atoms with Gasteiger partial charge in [0.05, 0.1) is 24.7 Å². The van der Waals surface area contributed by atoms with Gasteiger partial charge in [0, 0.05) is 16.5 Å². The monoisotopic (exact) mass is 478 g/mol. The highest BCUT2D eigenvalue weighted by Gasteiger charge is 2.63. The van der Waals surface area contributed by atoms with Crippen molar-refractivity contribution in [3.63, 3.8) is 0 Å². The van der Waals surface area contributed by atoms with Crippen molar-refractivity contribution in [2.45, 2.75) is 76.5 Å². The number of rotatable bonds is 3. The van der Waals surface area contributed by atoms with Crippen molar-refractivity contribution in [1.29, 1.82) is 0 Å². The summed E-state index contributed by atoms with van der Waals surface area (Å²) in [5.74, 6) is 0. The minimum absolute atomic E-state index is 0.000556. The van der Waals surface area contributed by atoms with Gasteiger partial charge < -0.3 is 13.6 Å². The molecule has 4 heterocycles. The number of benzene rings is 1. The Balaban J connectivity index is 1.41. The largest absolute Gasteiger partial charge is 0.391 e. The molecular formula is C26H34N4O3Si. The van der Waals surface area contributed by atoms with Crippen LogP contribution in [-0.2, 0) is 13.6 Å². The quantitative estimate of drug-likeness (QED) is 0.447. The van der Waals surface area contributed by atoms with Crippen LogP contribution >= 0.6 is 0 Å². The van der Waals surface area contributed by atoms with Crippen LogP contribution in [0.5, 0.6) is 0 Å². The molecule has 0 spiro atoms. The average Bonchev–Trinajstić information content (AvgIpc) is 3.40. The maximum absolute atomic E-state index is 6.89. The molecule has 2 aliphatic heterocycles. The molecule has 0 N–H and O–H groups in total. The molecule has 3 atom stereocenters. The first-order valence-corrected chi connectivity index (χ1v) is 13.8. The second-order valence-corrected chi connectivity index (χ2v) is 16.0. The zero-order valence-electron chi connectivity index (χ0n) is 20.9. The summed E-state index contributed by atoms with van der Waals surface area (Å²) in [6.07, 6.45) is 7.87. The van der Waals surface area contributed by atoms with Gasteiger partial charge in [-0.2, -0.15) is 0 Å². The molecule has 3 aromatic rings. The molecule has 0 radical (unpaired) electrons. The van der Waals surface area contributed by atoms with E-state index in [1.54, 1.807) is 12.7 Å². The maximum atomic E-state index is 6.89. The lowest BCUT2D eigenvalue weighted by atomic mass is 10.2. The molecule has 34 heavy (non-hydrogen) atoms. The van der Waals surface area contributed by atoms with Crippen molar-refractivity contribution < 1.29 is 13.6 Å². The molecule has 0 saturated carbocycles. The number of imidazole rings is 1. The van der Waals surface area contributed by atoms with Gasteiger partial charge in [-0.05, 0) is 11.6 Å². The van der Waals surface area contributed by atoms with Crippen molar-refractivity contribution in [1.82, 2.24) is 19.5 Å². The fraction of sp³-hybridized carbons (Fsp3) is 0.500. The van der Waals surface area contributed by atoms with Crippen LogP contribution in [0.25, 0.3) is 23.3 Å². The molecule has 0 aliphatic carbocycles. The lowest BCUT2D eigenvalue weighted by Gasteiger charge is -2.53. The van der Waals surface area contributed by atoms with E-state index in [2.05, 4.69) is 68.6 Å². The summed E-state index contributed by atoms with van der Waals surface area (Å²) in [6.45, 7) is 14.0. The fourth-order valence-electron chi connectivity index (χ4n) is 5.45. The van der Waals surface area contributed by atoms with Crippen LogP contribution in [0.1, 0.15) is 65.4 Å². The number of ether oxygens (including phenoxy) is 1. The van der Waals surface area contributed by atoms with E-state index in [0.717, 1.165) is 28.8 Å². The maximum Gasteiger partial charge on any atom is 0.349 e. The third-order valence-electron chi connectivity index (χ3n) is 6.85. The Morgan fingerprint density at radius 1 is 0.941 bits per heavy atom. The van der Waals surface area contributed by atoms with E-state index in [0.29, 0.717) is 6.61 Å². The van der Waals surface area contributed by atoms with Gasteiger partial charge in [0.2, 0.25) is 0 Å². The highest BCUT2D eigenvalue weighted by atomic mass is 28.4. The summed E-state index contributed by atoms with van der Waals surface area (Å²) in [4.78, 5) is 13.6. The molecule has 7 nitrogen and oxygen atoms in total. The third-order valence-corrected chi connectivity index (χ3v) is 12.0. The minimum Gasteiger partial charge on any atom is -0.391 e. The first-order valence-electron chi connectivity index (χ1n) is 12.0. The predicted octanol–water partition coefficient (Wildman–Crippen LogP) is 5.74. The number of hydrogen-bond acceptors (Lipinski definition) is 6. The van der Waals surface area contributed by atoms with E-state index in [1.807, 2.05) is 34.9 Å². The van der Waals surface area contributed by atoms with Crippen molar-refractivity contribution >= 4 is 31.9 Å². The second kappa shape index (κ2) is 8.37. The van der Waals surface area contributed by atoms with Gasteiger partial charge in [0.25, 0.3) is 0 Å². The summed E-state index contributed by atoms with van der Waals surface area (Å²) >= 11 is 0. The molecule has 180 valence electrons. The van der Waals surface area contributed by atoms with Crippen molar-refractivity contribution in [2.24, 2.45) is 0 Å². The van der Waals surface area contributed by atoms with E-state index < -0.39 is 8.56 Å². The molecule has 0 bridgehead atoms. The first kappa shape index (κ1) is 23.4. The van der Waals surface area contributed by atoms with E-state index in [1.165, 1.54) is 0 Å². The van der Waals surface area contributed by atoms with Crippen molar-refractivity contribution in [3.05, 3.63) is 54.2 Å². The lowest BCUT2D eigenvalue weighted by molar-refractivity contribution is -0.0794. The van der Waals surface area contributed by atoms with Crippen LogP contribution in [0.3, 0.4) is 0 Å². The van der Waals surface area contributed by atoms with E-state index >= 15 is 0 Å². The van der Waals surface area contributed by atoms with Crippen LogP contribution in [0.2, 0.25) is 10.1 Å². The smallest absolute Gasteiger partial charge is 0.349 e. The number of aromatic nitrogens is 4. The fourth-order valence-corrected chi connectivity index (χ4v) is 10.4. The highest BCUT2D eigenvalue weighted by molar-refractivity contribution is 6.73. The third kappa shape index (κ3) is 3.92. The van der Waals surface area contributed by atoms with Gasteiger partial charge in [0.15, 0.2) is 5.65 Å². The predicted molar refractivity (Wildman–Crippen MR) is 135 cm³/mol. The van der Waals surface area contributed by atoms with Gasteiger partial charge in [-0.15, -0.1) is 0 Å². The van der Waals surface area contributed by atoms with Crippen LogP contribution in [0, 0.1) is 0 Å². The van der Waals surface area contributed by atoms with Gasteiger partial charge in [-0.3, -0.25) is 4.57 Å². The van der Waals surface area contributed by atoms with Crippen molar-refractivity contribution in [2.75, 3.05) is 6.61 Å². The summed E-state index contributed by atoms with van der Waals surface area (Å²) in [5.41, 5.74) is 3.43. The van der Waals surface area contributed by atoms with Crippen LogP contribution < -0.4 is 0 Å². The van der Waals surface area contributed by atoms with Crippen LogP contribution in [-0.4, -0.2) is 46.9 Å². The Morgan fingerprint density at radius 3 is 2.38 bits per heavy atom. The number of nitrogens with zero attached hydrogens (tertiary/aromatic N) is 4. The zero-order chi connectivity index (χ0) is 24.1. The Hall–Kier alpha value is -2.39. The Morgan fingerprint density at radius 2 is 1.68 bits per heavy atom. The lowest BCUT2D eigenvalue weighted by Crippen LogP contribution is -2.64. The minimum atomic E-state index is -2.53. The standard InChI is InChI=1S/C26H34N4O3Si/c1-25(2,3)34(26(4,5)6)31-15-21-20(33-34)14-22(32-21)30-17-29-23-19(27-16-28-24(23)30)13-12-18-10-8-7-9-11-18/h7-13,16-17,20-22H,14-15H2,1-6H3/t20-,21+,22+/m0/s1. The van der Waals surface area contributed by atoms with E-state index in [-0.39, 0.29) is 28.5 Å². The molecule has 2 aromatic heterocycles. The van der Waals surface area contributed by atoms with Crippen LogP contribution in [0.4, 0.5) is 0 Å². The highest BCUT2D eigenvalue weighted by Crippen LogP contribution is 2.55. The molecule has 0 unspecified atom stereocenters. The zero-order valence-corrected chi connectivity index (χ0v) is 21.9. The average molecular weight is 479 g/mol. The normalized spacial score (nSPS) is 25.2. The molecule has 1 aromatic carbocycles. The number of hydrogen-bond donors (Lipinski definition) is 0. The SMILES string of the molecule is CC(C)(C)[Si]1(C(C)(C)C)OC[C@H]2O[C@@H](n3cnc4c(C=Cc5ccccc5)ncnc43)C[C@@H]2O1. The Labute approximate surface area is 202 Å². The Kier molecular flexibility index (Phi) is 5.75. The van der Waals surface area contributed by atoms with Gasteiger partial charge in [0.1, 0.15) is 24.2 Å². The molecule has 2 aliphatic rings. The topological polar surface area (TPSA) is 71.3 Å². The molecule has 8 heteroatoms. The van der Waals surface area contributed by atoms with E-state index in [9.17, 15) is 0 Å². The van der Waals surface area contributed by atoms with Gasteiger partial charge in [-0.25, -0.2) is 15.0 Å². The molecule has 2 saturated heterocycles. The second-order valence-electron chi connectivity index (χ2n) is 11.3. The summed E-state index contributed by atoms with van der Waals surface area (Å²) in [6, 6.07) is 10.2. The summed E-state index contributed by atoms with van der Waals surface area (Å²) in [7, 11) is -2.53. The number of fused-ring (bicyclic) bond motifs is 2. The molecule has 0 amide bonds. The Bertz CT molecular complexity index is 1180. The molecule has 5 rings (SSSR count). The summed E-state index contributed by atoms with van der Waals surface area (Å²) < 4.78 is 21.9. The van der Waals surface area contributed by atoms with Gasteiger partial charge >= 0.3 is 8.56 Å². The van der Waals surface area contributed by atoms with Crippen LogP contribution in [0.15, 0.2) is 43.0 Å². The van der Waals surface area contributed by atoms with Gasteiger partial charge in [-0.1, -0.05) is 78.0 Å². The molecule has 2 fully saturated rings. The molecular weight excluding hydrogens is 444 g/mol. The first-order chi connectivity index (χ1) is 16.1. The summed E-state index contributed by atoms with van der Waals surface area (Å²) in [5, 5.41) is -0.105.